The number of rotatable bonds is 2. The summed E-state index contributed by atoms with van der Waals surface area (Å²) in [6.45, 7) is 5.88. The quantitative estimate of drug-likeness (QED) is 0.437. The van der Waals surface area contributed by atoms with Crippen molar-refractivity contribution >= 4 is 40.2 Å². The predicted molar refractivity (Wildman–Crippen MR) is 71.5 cm³/mol. The molecule has 1 rings (SSSR count). The maximum Gasteiger partial charge on any atom is 0.325 e. The van der Waals surface area contributed by atoms with Crippen molar-refractivity contribution in [2.24, 2.45) is 5.41 Å². The molecule has 4 nitrogen and oxygen atoms in total. The monoisotopic (exact) mass is 273 g/mol. The number of nitrogens with zero attached hydrogens (tertiary/aromatic N) is 1. The van der Waals surface area contributed by atoms with Crippen molar-refractivity contribution in [1.29, 1.82) is 0 Å². The third-order valence-electron chi connectivity index (χ3n) is 1.95. The molecule has 6 heteroatoms. The van der Waals surface area contributed by atoms with Gasteiger partial charge in [-0.05, 0) is 5.41 Å². The highest BCUT2D eigenvalue weighted by Crippen LogP contribution is 2.34. The zero-order chi connectivity index (χ0) is 13.2. The average molecular weight is 273 g/mol. The van der Waals surface area contributed by atoms with E-state index in [0.717, 1.165) is 0 Å². The molecule has 0 bridgehead atoms. The van der Waals surface area contributed by atoms with E-state index < -0.39 is 5.97 Å². The van der Waals surface area contributed by atoms with Crippen LogP contribution in [0.5, 0.6) is 0 Å². The number of amides is 1. The average Bonchev–Trinajstić information content (AvgIpc) is 2.43. The second-order valence-electron chi connectivity index (χ2n) is 4.71. The summed E-state index contributed by atoms with van der Waals surface area (Å²) in [6, 6.07) is 0. The molecular formula is C11H15NO3S2. The van der Waals surface area contributed by atoms with Crippen molar-refractivity contribution in [2.45, 2.75) is 20.8 Å². The molecule has 1 amide bonds. The normalized spacial score (nSPS) is 19.1. The number of hydrogen-bond donors (Lipinski definition) is 0. The van der Waals surface area contributed by atoms with Crippen molar-refractivity contribution in [3.63, 3.8) is 0 Å². The standard InChI is InChI=1S/C11H15NO3S2/c1-11(2,3)5-7-9(14)12(10(16)17-7)6-8(13)15-4/h5H,6H2,1-4H3. The number of thiocarbonyl (C=S) groups is 1. The second kappa shape index (κ2) is 5.18. The van der Waals surface area contributed by atoms with Crippen LogP contribution in [0.3, 0.4) is 0 Å². The van der Waals surface area contributed by atoms with Gasteiger partial charge in [0.05, 0.1) is 12.0 Å². The Morgan fingerprint density at radius 2 is 2.12 bits per heavy atom. The molecule has 0 unspecified atom stereocenters. The van der Waals surface area contributed by atoms with E-state index in [9.17, 15) is 9.59 Å². The van der Waals surface area contributed by atoms with Gasteiger partial charge in [-0.25, -0.2) is 0 Å². The summed E-state index contributed by atoms with van der Waals surface area (Å²) < 4.78 is 4.92. The molecule has 1 aliphatic rings. The van der Waals surface area contributed by atoms with Gasteiger partial charge in [-0.1, -0.05) is 50.8 Å². The van der Waals surface area contributed by atoms with E-state index in [1.54, 1.807) is 0 Å². The smallest absolute Gasteiger partial charge is 0.325 e. The first-order valence-corrected chi connectivity index (χ1v) is 6.30. The first-order valence-electron chi connectivity index (χ1n) is 5.08. The van der Waals surface area contributed by atoms with Crippen LogP contribution in [0.1, 0.15) is 20.8 Å². The number of esters is 1. The molecule has 0 aromatic heterocycles. The van der Waals surface area contributed by atoms with Gasteiger partial charge in [0.15, 0.2) is 0 Å². The Hall–Kier alpha value is -0.880. The highest BCUT2D eigenvalue weighted by atomic mass is 32.2. The van der Waals surface area contributed by atoms with Crippen LogP contribution in [0, 0.1) is 5.41 Å². The summed E-state index contributed by atoms with van der Waals surface area (Å²) >= 11 is 6.29. The largest absolute Gasteiger partial charge is 0.468 e. The van der Waals surface area contributed by atoms with Crippen LogP contribution in [-0.4, -0.2) is 34.8 Å². The SMILES string of the molecule is COC(=O)CN1C(=O)C(=CC(C)(C)C)SC1=S. The van der Waals surface area contributed by atoms with Gasteiger partial charge in [-0.15, -0.1) is 0 Å². The molecule has 0 N–H and O–H groups in total. The minimum Gasteiger partial charge on any atom is -0.468 e. The number of ether oxygens (including phenoxy) is 1. The van der Waals surface area contributed by atoms with Crippen LogP contribution in [0.4, 0.5) is 0 Å². The van der Waals surface area contributed by atoms with E-state index in [2.05, 4.69) is 4.74 Å². The first kappa shape index (κ1) is 14.2. The Bertz CT molecular complexity index is 396. The topological polar surface area (TPSA) is 46.6 Å². The van der Waals surface area contributed by atoms with E-state index in [-0.39, 0.29) is 17.9 Å². The maximum absolute atomic E-state index is 12.0. The lowest BCUT2D eigenvalue weighted by Crippen LogP contribution is -2.34. The third-order valence-corrected chi connectivity index (χ3v) is 3.33. The van der Waals surface area contributed by atoms with Gasteiger partial charge < -0.3 is 4.74 Å². The van der Waals surface area contributed by atoms with E-state index in [0.29, 0.717) is 9.23 Å². The van der Waals surface area contributed by atoms with E-state index >= 15 is 0 Å². The molecule has 0 spiro atoms. The van der Waals surface area contributed by atoms with Gasteiger partial charge in [0, 0.05) is 0 Å². The fourth-order valence-electron chi connectivity index (χ4n) is 1.22. The van der Waals surface area contributed by atoms with Crippen LogP contribution >= 0.6 is 24.0 Å². The second-order valence-corrected chi connectivity index (χ2v) is 6.39. The number of carbonyl (C=O) groups is 2. The van der Waals surface area contributed by atoms with Gasteiger partial charge >= 0.3 is 5.97 Å². The van der Waals surface area contributed by atoms with Gasteiger partial charge in [0.1, 0.15) is 10.9 Å². The molecule has 0 atom stereocenters. The lowest BCUT2D eigenvalue weighted by Gasteiger charge is -2.13. The van der Waals surface area contributed by atoms with Crippen molar-refractivity contribution < 1.29 is 14.3 Å². The molecule has 1 saturated heterocycles. The molecule has 1 aliphatic heterocycles. The molecule has 0 saturated carbocycles. The van der Waals surface area contributed by atoms with Crippen LogP contribution in [-0.2, 0) is 14.3 Å². The van der Waals surface area contributed by atoms with Gasteiger partial charge in [0.25, 0.3) is 5.91 Å². The van der Waals surface area contributed by atoms with Crippen molar-refractivity contribution in [1.82, 2.24) is 4.90 Å². The van der Waals surface area contributed by atoms with Crippen LogP contribution in [0.15, 0.2) is 11.0 Å². The molecule has 0 aromatic carbocycles. The molecule has 0 aromatic rings. The highest BCUT2D eigenvalue weighted by Gasteiger charge is 2.34. The van der Waals surface area contributed by atoms with E-state index in [4.69, 9.17) is 12.2 Å². The third kappa shape index (κ3) is 3.81. The number of hydrogen-bond acceptors (Lipinski definition) is 5. The molecule has 94 valence electrons. The summed E-state index contributed by atoms with van der Waals surface area (Å²) in [5, 5.41) is 0. The number of carbonyl (C=O) groups excluding carboxylic acids is 2. The molecule has 17 heavy (non-hydrogen) atoms. The van der Waals surface area contributed by atoms with E-state index in [1.807, 2.05) is 26.8 Å². The predicted octanol–water partition coefficient (Wildman–Crippen LogP) is 1.95. The van der Waals surface area contributed by atoms with Crippen LogP contribution in [0.25, 0.3) is 0 Å². The summed E-state index contributed by atoms with van der Waals surface area (Å²) in [5.41, 5.74) is -0.102. The fourth-order valence-corrected chi connectivity index (χ4v) is 2.70. The Labute approximate surface area is 110 Å². The molecule has 1 heterocycles. The summed E-state index contributed by atoms with van der Waals surface area (Å²) in [6.07, 6.45) is 1.86. The molecule has 0 radical (unpaired) electrons. The van der Waals surface area contributed by atoms with Crippen molar-refractivity contribution in [3.05, 3.63) is 11.0 Å². The zero-order valence-corrected chi connectivity index (χ0v) is 11.9. The lowest BCUT2D eigenvalue weighted by atomic mass is 9.96. The molecular weight excluding hydrogens is 258 g/mol. The summed E-state index contributed by atoms with van der Waals surface area (Å²) in [4.78, 5) is 25.0. The van der Waals surface area contributed by atoms with Crippen molar-refractivity contribution in [2.75, 3.05) is 13.7 Å². The Balaban J connectivity index is 2.86. The minimum absolute atomic E-state index is 0.102. The molecule has 0 aliphatic carbocycles. The first-order chi connectivity index (χ1) is 7.74. The maximum atomic E-state index is 12.0. The fraction of sp³-hybridized carbons (Fsp3) is 0.545. The van der Waals surface area contributed by atoms with Crippen LogP contribution in [0.2, 0.25) is 0 Å². The Kier molecular flexibility index (Phi) is 4.32. The summed E-state index contributed by atoms with van der Waals surface area (Å²) in [7, 11) is 1.28. The minimum atomic E-state index is -0.474. The van der Waals surface area contributed by atoms with Crippen molar-refractivity contribution in [3.8, 4) is 0 Å². The zero-order valence-electron chi connectivity index (χ0n) is 10.3. The molecule has 1 fully saturated rings. The number of thioether (sulfide) groups is 1. The lowest BCUT2D eigenvalue weighted by molar-refractivity contribution is -0.143. The van der Waals surface area contributed by atoms with Crippen LogP contribution < -0.4 is 0 Å². The summed E-state index contributed by atoms with van der Waals surface area (Å²) in [5.74, 6) is -0.696. The van der Waals surface area contributed by atoms with Gasteiger partial charge in [0.2, 0.25) is 0 Å². The Morgan fingerprint density at radius 3 is 2.59 bits per heavy atom. The highest BCUT2D eigenvalue weighted by molar-refractivity contribution is 8.26. The van der Waals surface area contributed by atoms with Gasteiger partial charge in [-0.2, -0.15) is 0 Å². The number of methoxy groups -OCH3 is 1. The van der Waals surface area contributed by atoms with E-state index in [1.165, 1.54) is 23.8 Å². The number of allylic oxidation sites excluding steroid dienone is 1. The van der Waals surface area contributed by atoms with Gasteiger partial charge in [-0.3, -0.25) is 14.5 Å². The Morgan fingerprint density at radius 1 is 1.53 bits per heavy atom.